The van der Waals surface area contributed by atoms with E-state index in [-0.39, 0.29) is 6.04 Å². The lowest BCUT2D eigenvalue weighted by molar-refractivity contribution is 0.500. The van der Waals surface area contributed by atoms with Gasteiger partial charge in [-0.05, 0) is 37.5 Å². The van der Waals surface area contributed by atoms with Gasteiger partial charge in [-0.25, -0.2) is 8.78 Å². The van der Waals surface area contributed by atoms with Gasteiger partial charge in [0.1, 0.15) is 0 Å². The first-order chi connectivity index (χ1) is 6.02. The Balaban J connectivity index is 3.04. The van der Waals surface area contributed by atoms with Crippen LogP contribution in [0.2, 0.25) is 0 Å². The van der Waals surface area contributed by atoms with Crippen molar-refractivity contribution >= 4 is 0 Å². The summed E-state index contributed by atoms with van der Waals surface area (Å²) < 4.78 is 25.7. The van der Waals surface area contributed by atoms with Gasteiger partial charge in [0, 0.05) is 6.04 Å². The molecule has 0 fully saturated rings. The largest absolute Gasteiger partial charge is 0.328 e. The lowest BCUT2D eigenvalue weighted by Gasteiger charge is -2.09. The molecular weight excluding hydrogens is 172 g/mol. The van der Waals surface area contributed by atoms with Crippen molar-refractivity contribution in [2.45, 2.75) is 26.3 Å². The molecule has 72 valence electrons. The van der Waals surface area contributed by atoms with Crippen LogP contribution in [-0.2, 0) is 6.42 Å². The maximum absolute atomic E-state index is 13.0. The molecule has 0 bridgehead atoms. The molecule has 0 radical (unpaired) electrons. The van der Waals surface area contributed by atoms with Gasteiger partial charge in [0.25, 0.3) is 0 Å². The van der Waals surface area contributed by atoms with Gasteiger partial charge in [0.2, 0.25) is 0 Å². The second-order valence-electron chi connectivity index (χ2n) is 3.33. The summed E-state index contributed by atoms with van der Waals surface area (Å²) >= 11 is 0. The van der Waals surface area contributed by atoms with E-state index in [2.05, 4.69) is 0 Å². The van der Waals surface area contributed by atoms with Gasteiger partial charge in [-0.3, -0.25) is 0 Å². The van der Waals surface area contributed by atoms with Crippen LogP contribution in [0.25, 0.3) is 0 Å². The molecule has 3 heteroatoms. The van der Waals surface area contributed by atoms with Crippen LogP contribution in [0.15, 0.2) is 12.1 Å². The number of hydrogen-bond donors (Lipinski definition) is 1. The van der Waals surface area contributed by atoms with Gasteiger partial charge in [0.05, 0.1) is 0 Å². The zero-order valence-corrected chi connectivity index (χ0v) is 7.77. The fourth-order valence-corrected chi connectivity index (χ4v) is 1.26. The smallest absolute Gasteiger partial charge is 0.161 e. The summed E-state index contributed by atoms with van der Waals surface area (Å²) in [5.41, 5.74) is 6.70. The summed E-state index contributed by atoms with van der Waals surface area (Å²) in [6, 6.07) is 2.68. The Morgan fingerprint density at radius 2 is 2.00 bits per heavy atom. The van der Waals surface area contributed by atoms with Crippen LogP contribution in [0.4, 0.5) is 8.78 Å². The van der Waals surface area contributed by atoms with Crippen molar-refractivity contribution in [3.63, 3.8) is 0 Å². The minimum Gasteiger partial charge on any atom is -0.328 e. The normalized spacial score (nSPS) is 13.0. The van der Waals surface area contributed by atoms with Crippen molar-refractivity contribution in [3.05, 3.63) is 34.9 Å². The average molecular weight is 185 g/mol. The Labute approximate surface area is 76.6 Å². The van der Waals surface area contributed by atoms with E-state index in [0.717, 1.165) is 11.6 Å². The molecule has 1 unspecified atom stereocenters. The minimum atomic E-state index is -0.800. The molecule has 1 rings (SSSR count). The van der Waals surface area contributed by atoms with E-state index in [4.69, 9.17) is 5.73 Å². The summed E-state index contributed by atoms with van der Waals surface area (Å²) in [4.78, 5) is 0. The SMILES string of the molecule is Cc1c(CC(C)N)ccc(F)c1F. The molecule has 0 aliphatic carbocycles. The molecule has 13 heavy (non-hydrogen) atoms. The van der Waals surface area contributed by atoms with Crippen LogP contribution in [-0.4, -0.2) is 6.04 Å². The first kappa shape index (κ1) is 10.1. The zero-order valence-electron chi connectivity index (χ0n) is 7.77. The average Bonchev–Trinajstić information content (AvgIpc) is 2.06. The first-order valence-corrected chi connectivity index (χ1v) is 4.21. The molecule has 2 N–H and O–H groups in total. The summed E-state index contributed by atoms with van der Waals surface area (Å²) in [5, 5.41) is 0. The molecule has 1 atom stereocenters. The summed E-state index contributed by atoms with van der Waals surface area (Å²) in [6.45, 7) is 3.40. The molecule has 1 nitrogen and oxygen atoms in total. The van der Waals surface area contributed by atoms with Crippen LogP contribution in [0.5, 0.6) is 0 Å². The number of halogens is 2. The van der Waals surface area contributed by atoms with Crippen LogP contribution >= 0.6 is 0 Å². The topological polar surface area (TPSA) is 26.0 Å². The lowest BCUT2D eigenvalue weighted by Crippen LogP contribution is -2.18. The molecule has 0 saturated carbocycles. The van der Waals surface area contributed by atoms with Gasteiger partial charge in [-0.1, -0.05) is 6.07 Å². The monoisotopic (exact) mass is 185 g/mol. The molecule has 1 aromatic carbocycles. The van der Waals surface area contributed by atoms with Gasteiger partial charge < -0.3 is 5.73 Å². The molecule has 0 aliphatic rings. The van der Waals surface area contributed by atoms with Gasteiger partial charge in [-0.15, -0.1) is 0 Å². The van der Waals surface area contributed by atoms with Gasteiger partial charge in [-0.2, -0.15) is 0 Å². The standard InChI is InChI=1S/C10H13F2N/c1-6(13)5-8-3-4-9(11)10(12)7(8)2/h3-4,6H,5,13H2,1-2H3. The van der Waals surface area contributed by atoms with E-state index in [0.29, 0.717) is 12.0 Å². The van der Waals surface area contributed by atoms with Crippen LogP contribution in [0, 0.1) is 18.6 Å². The van der Waals surface area contributed by atoms with E-state index >= 15 is 0 Å². The molecule has 0 aliphatic heterocycles. The Morgan fingerprint density at radius 1 is 1.38 bits per heavy atom. The number of benzene rings is 1. The van der Waals surface area contributed by atoms with E-state index in [1.54, 1.807) is 13.0 Å². The van der Waals surface area contributed by atoms with E-state index < -0.39 is 11.6 Å². The third kappa shape index (κ3) is 2.25. The minimum absolute atomic E-state index is 0.0384. The quantitative estimate of drug-likeness (QED) is 0.750. The first-order valence-electron chi connectivity index (χ1n) is 4.21. The van der Waals surface area contributed by atoms with Crippen molar-refractivity contribution in [2.24, 2.45) is 5.73 Å². The Bertz CT molecular complexity index is 308. The molecule has 0 aromatic heterocycles. The Hall–Kier alpha value is -0.960. The third-order valence-electron chi connectivity index (χ3n) is 1.99. The van der Waals surface area contributed by atoms with Gasteiger partial charge in [0.15, 0.2) is 11.6 Å². The van der Waals surface area contributed by atoms with E-state index in [9.17, 15) is 8.78 Å². The van der Waals surface area contributed by atoms with Crippen molar-refractivity contribution in [1.82, 2.24) is 0 Å². The van der Waals surface area contributed by atoms with Crippen LogP contribution in [0.1, 0.15) is 18.1 Å². The molecule has 0 amide bonds. The van der Waals surface area contributed by atoms with Crippen LogP contribution < -0.4 is 5.73 Å². The predicted octanol–water partition coefficient (Wildman–Crippen LogP) is 2.16. The highest BCUT2D eigenvalue weighted by Crippen LogP contribution is 2.16. The zero-order chi connectivity index (χ0) is 10.0. The molecule has 0 saturated heterocycles. The second kappa shape index (κ2) is 3.83. The fourth-order valence-electron chi connectivity index (χ4n) is 1.26. The fraction of sp³-hybridized carbons (Fsp3) is 0.400. The lowest BCUT2D eigenvalue weighted by atomic mass is 10.0. The van der Waals surface area contributed by atoms with Gasteiger partial charge >= 0.3 is 0 Å². The van der Waals surface area contributed by atoms with Crippen molar-refractivity contribution < 1.29 is 8.78 Å². The Kier molecular flexibility index (Phi) is 2.98. The highest BCUT2D eigenvalue weighted by Gasteiger charge is 2.09. The van der Waals surface area contributed by atoms with E-state index in [1.807, 2.05) is 6.92 Å². The van der Waals surface area contributed by atoms with Crippen molar-refractivity contribution in [2.75, 3.05) is 0 Å². The van der Waals surface area contributed by atoms with Crippen molar-refractivity contribution in [3.8, 4) is 0 Å². The molecular formula is C10H13F2N. The number of hydrogen-bond acceptors (Lipinski definition) is 1. The maximum Gasteiger partial charge on any atom is 0.161 e. The van der Waals surface area contributed by atoms with Crippen LogP contribution in [0.3, 0.4) is 0 Å². The maximum atomic E-state index is 13.0. The Morgan fingerprint density at radius 3 is 2.54 bits per heavy atom. The summed E-state index contributed by atoms with van der Waals surface area (Å²) in [6.07, 6.45) is 0.572. The second-order valence-corrected chi connectivity index (χ2v) is 3.33. The highest BCUT2D eigenvalue weighted by molar-refractivity contribution is 5.28. The highest BCUT2D eigenvalue weighted by atomic mass is 19.2. The van der Waals surface area contributed by atoms with E-state index in [1.165, 1.54) is 0 Å². The third-order valence-corrected chi connectivity index (χ3v) is 1.99. The predicted molar refractivity (Wildman–Crippen MR) is 48.4 cm³/mol. The molecule has 0 spiro atoms. The number of rotatable bonds is 2. The summed E-state index contributed by atoms with van der Waals surface area (Å²) in [7, 11) is 0. The number of nitrogens with two attached hydrogens (primary N) is 1. The molecule has 1 aromatic rings. The molecule has 0 heterocycles. The summed E-state index contributed by atoms with van der Waals surface area (Å²) in [5.74, 6) is -1.57. The van der Waals surface area contributed by atoms with Crippen molar-refractivity contribution in [1.29, 1.82) is 0 Å².